The second-order valence-corrected chi connectivity index (χ2v) is 5.70. The summed E-state index contributed by atoms with van der Waals surface area (Å²) in [5.41, 5.74) is -5.36. The van der Waals surface area contributed by atoms with Crippen LogP contribution in [0.3, 0.4) is 0 Å². The van der Waals surface area contributed by atoms with Gasteiger partial charge < -0.3 is 4.18 Å². The zero-order valence-corrected chi connectivity index (χ0v) is 11.7. The van der Waals surface area contributed by atoms with Gasteiger partial charge in [-0.2, -0.15) is 21.6 Å². The Labute approximate surface area is 111 Å². The molecule has 3 rings (SSSR count). The van der Waals surface area contributed by atoms with Crippen LogP contribution in [0.5, 0.6) is 0 Å². The molecule has 0 aromatic rings. The molecule has 112 valence electrons. The third-order valence-electron chi connectivity index (χ3n) is 3.03. The van der Waals surface area contributed by atoms with Crippen LogP contribution in [-0.4, -0.2) is 38.5 Å². The van der Waals surface area contributed by atoms with Crippen LogP contribution in [-0.2, 0) is 14.3 Å². The zero-order chi connectivity index (χ0) is 14.7. The van der Waals surface area contributed by atoms with Gasteiger partial charge in [0.2, 0.25) is 0 Å². The maximum absolute atomic E-state index is 12.2. The van der Waals surface area contributed by atoms with E-state index in [0.29, 0.717) is 19.4 Å². The Morgan fingerprint density at radius 1 is 1.26 bits per heavy atom. The molecule has 0 atom stereocenters. The van der Waals surface area contributed by atoms with Crippen molar-refractivity contribution in [2.24, 2.45) is 5.92 Å². The summed E-state index contributed by atoms with van der Waals surface area (Å²) in [6.07, 6.45) is 2.71. The fourth-order valence-corrected chi connectivity index (χ4v) is 2.61. The van der Waals surface area contributed by atoms with Crippen LogP contribution >= 0.6 is 0 Å². The van der Waals surface area contributed by atoms with Crippen LogP contribution in [0, 0.1) is 5.92 Å². The van der Waals surface area contributed by atoms with Gasteiger partial charge in [-0.1, -0.05) is 13.8 Å². The number of allylic oxidation sites excluding steroid dienone is 1. The molecular weight excluding hydrogens is 283 g/mol. The van der Waals surface area contributed by atoms with Crippen molar-refractivity contribution >= 4 is 10.1 Å². The fraction of sp³-hybridized carbons (Fsp3) is 0.818. The van der Waals surface area contributed by atoms with E-state index in [1.54, 1.807) is 0 Å². The number of piperidine rings is 1. The van der Waals surface area contributed by atoms with Gasteiger partial charge in [-0.05, 0) is 32.0 Å². The van der Waals surface area contributed by atoms with Gasteiger partial charge in [-0.15, -0.1) is 0 Å². The number of halogens is 3. The molecule has 0 radical (unpaired) electrons. The van der Waals surface area contributed by atoms with Crippen molar-refractivity contribution in [3.63, 3.8) is 0 Å². The topological polar surface area (TPSA) is 46.6 Å². The van der Waals surface area contributed by atoms with Crippen LogP contribution in [0.4, 0.5) is 13.2 Å². The van der Waals surface area contributed by atoms with E-state index in [0.717, 1.165) is 13.1 Å². The van der Waals surface area contributed by atoms with E-state index in [9.17, 15) is 21.6 Å². The minimum Gasteiger partial charge on any atom is -0.381 e. The standard InChI is InChI=1S/C9H12F3NO3S.C2H6/c10-9(11,12)17(14,15)16-8-3-6-13-4-1-7(8)2-5-13;1-2/h3,7H,1-2,4-6H2;1-2H3. The molecule has 8 heteroatoms. The number of rotatable bonds is 2. The molecule has 1 saturated heterocycles. The van der Waals surface area contributed by atoms with Crippen molar-refractivity contribution in [1.29, 1.82) is 0 Å². The highest BCUT2D eigenvalue weighted by Crippen LogP contribution is 2.33. The maximum Gasteiger partial charge on any atom is 0.534 e. The minimum absolute atomic E-state index is 0.0534. The molecule has 0 aromatic carbocycles. The highest BCUT2D eigenvalue weighted by Gasteiger charge is 2.49. The van der Waals surface area contributed by atoms with Crippen LogP contribution < -0.4 is 0 Å². The van der Waals surface area contributed by atoms with Gasteiger partial charge >= 0.3 is 15.6 Å². The Kier molecular flexibility index (Phi) is 5.26. The average Bonchev–Trinajstić information content (AvgIpc) is 2.64. The molecule has 3 heterocycles. The summed E-state index contributed by atoms with van der Waals surface area (Å²) < 4.78 is 62.6. The summed E-state index contributed by atoms with van der Waals surface area (Å²) in [5.74, 6) is -0.270. The molecule has 3 aliphatic heterocycles. The lowest BCUT2D eigenvalue weighted by Crippen LogP contribution is -2.32. The van der Waals surface area contributed by atoms with Gasteiger partial charge in [-0.3, -0.25) is 4.90 Å². The van der Waals surface area contributed by atoms with Gasteiger partial charge in [-0.25, -0.2) is 0 Å². The molecule has 0 amide bonds. The Balaban J connectivity index is 0.000000861. The van der Waals surface area contributed by atoms with E-state index in [2.05, 4.69) is 4.18 Å². The van der Waals surface area contributed by atoms with Gasteiger partial charge in [0, 0.05) is 12.5 Å². The zero-order valence-electron chi connectivity index (χ0n) is 10.9. The molecule has 3 aliphatic rings. The summed E-state index contributed by atoms with van der Waals surface area (Å²) in [7, 11) is -5.52. The number of hydrogen-bond donors (Lipinski definition) is 0. The smallest absolute Gasteiger partial charge is 0.381 e. The lowest BCUT2D eigenvalue weighted by molar-refractivity contribution is -0.0527. The molecule has 0 N–H and O–H groups in total. The van der Waals surface area contributed by atoms with Crippen LogP contribution in [0.25, 0.3) is 0 Å². The van der Waals surface area contributed by atoms with E-state index in [4.69, 9.17) is 0 Å². The minimum atomic E-state index is -5.52. The second kappa shape index (κ2) is 6.13. The van der Waals surface area contributed by atoms with Crippen LogP contribution in [0.2, 0.25) is 0 Å². The monoisotopic (exact) mass is 301 g/mol. The quantitative estimate of drug-likeness (QED) is 0.581. The lowest BCUT2D eigenvalue weighted by atomic mass is 9.97. The molecule has 0 unspecified atom stereocenters. The number of hydrogen-bond acceptors (Lipinski definition) is 4. The Morgan fingerprint density at radius 3 is 2.26 bits per heavy atom. The first-order chi connectivity index (χ1) is 8.79. The molecule has 4 nitrogen and oxygen atoms in total. The summed E-state index contributed by atoms with van der Waals surface area (Å²) in [6.45, 7) is 5.97. The number of nitrogens with zero attached hydrogens (tertiary/aromatic N) is 1. The van der Waals surface area contributed by atoms with Crippen molar-refractivity contribution in [3.05, 3.63) is 11.8 Å². The van der Waals surface area contributed by atoms with Crippen LogP contribution in [0.1, 0.15) is 26.7 Å². The third kappa shape index (κ3) is 3.85. The van der Waals surface area contributed by atoms with E-state index in [-0.39, 0.29) is 11.7 Å². The summed E-state index contributed by atoms with van der Waals surface area (Å²) in [5, 5.41) is 0. The molecule has 0 saturated carbocycles. The Morgan fingerprint density at radius 2 is 1.79 bits per heavy atom. The first kappa shape index (κ1) is 16.3. The molecule has 0 aromatic heterocycles. The molecule has 0 spiro atoms. The molecule has 1 fully saturated rings. The summed E-state index contributed by atoms with van der Waals surface area (Å²) >= 11 is 0. The summed E-state index contributed by atoms with van der Waals surface area (Å²) in [4.78, 5) is 2.05. The van der Waals surface area contributed by atoms with Crippen LogP contribution in [0.15, 0.2) is 11.8 Å². The van der Waals surface area contributed by atoms with E-state index in [1.165, 1.54) is 6.08 Å². The average molecular weight is 301 g/mol. The van der Waals surface area contributed by atoms with E-state index >= 15 is 0 Å². The van der Waals surface area contributed by atoms with Crippen molar-refractivity contribution < 1.29 is 25.8 Å². The fourth-order valence-electron chi connectivity index (χ4n) is 2.06. The molecular formula is C11H18F3NO3S. The largest absolute Gasteiger partial charge is 0.534 e. The van der Waals surface area contributed by atoms with Crippen molar-refractivity contribution in [2.75, 3.05) is 19.6 Å². The summed E-state index contributed by atoms with van der Waals surface area (Å²) in [6, 6.07) is 0. The highest BCUT2D eigenvalue weighted by atomic mass is 32.2. The number of alkyl halides is 3. The second-order valence-electron chi connectivity index (χ2n) is 4.16. The van der Waals surface area contributed by atoms with Crippen molar-refractivity contribution in [1.82, 2.24) is 4.90 Å². The van der Waals surface area contributed by atoms with Gasteiger partial charge in [0.05, 0.1) is 0 Å². The van der Waals surface area contributed by atoms with Gasteiger partial charge in [0.1, 0.15) is 5.76 Å². The molecule has 0 aliphatic carbocycles. The first-order valence-corrected chi connectivity index (χ1v) is 7.63. The van der Waals surface area contributed by atoms with Gasteiger partial charge in [0.15, 0.2) is 0 Å². The highest BCUT2D eigenvalue weighted by molar-refractivity contribution is 7.87. The van der Waals surface area contributed by atoms with Crippen molar-refractivity contribution in [2.45, 2.75) is 32.2 Å². The SMILES string of the molecule is CC.O=S(=O)(OC1=CCN2CCC1CC2)C(F)(F)F. The van der Waals surface area contributed by atoms with E-state index < -0.39 is 15.6 Å². The van der Waals surface area contributed by atoms with E-state index in [1.807, 2.05) is 18.7 Å². The third-order valence-corrected chi connectivity index (χ3v) is 4.01. The lowest BCUT2D eigenvalue weighted by Gasteiger charge is -2.27. The molecule has 19 heavy (non-hydrogen) atoms. The van der Waals surface area contributed by atoms with Crippen molar-refractivity contribution in [3.8, 4) is 0 Å². The Bertz CT molecular complexity index is 423. The van der Waals surface area contributed by atoms with Gasteiger partial charge in [0.25, 0.3) is 0 Å². The molecule has 2 bridgehead atoms. The maximum atomic E-state index is 12.2. The first-order valence-electron chi connectivity index (χ1n) is 6.23. The predicted molar refractivity (Wildman–Crippen MR) is 64.7 cm³/mol. The number of fused-ring (bicyclic) bond motifs is 3. The normalized spacial score (nSPS) is 26.9. The predicted octanol–water partition coefficient (Wildman–Crippen LogP) is 2.49. The Hall–Kier alpha value is -0.760.